The van der Waals surface area contributed by atoms with Gasteiger partial charge >= 0.3 is 6.61 Å². The highest BCUT2D eigenvalue weighted by molar-refractivity contribution is 5.44. The van der Waals surface area contributed by atoms with E-state index in [2.05, 4.69) is 15.0 Å². The van der Waals surface area contributed by atoms with Crippen molar-refractivity contribution in [3.63, 3.8) is 0 Å². The molecule has 2 rings (SSSR count). The average molecular weight is 294 g/mol. The van der Waals surface area contributed by atoms with Crippen molar-refractivity contribution in [2.75, 3.05) is 11.9 Å². The van der Waals surface area contributed by atoms with Crippen molar-refractivity contribution >= 4 is 5.69 Å². The van der Waals surface area contributed by atoms with E-state index in [1.54, 1.807) is 30.5 Å². The molecular formula is C15H16F2N2O2. The summed E-state index contributed by atoms with van der Waals surface area (Å²) >= 11 is 0. The topological polar surface area (TPSA) is 43.4 Å². The predicted octanol–water partition coefficient (Wildman–Crippen LogP) is 3.69. The molecule has 0 bridgehead atoms. The van der Waals surface area contributed by atoms with E-state index in [9.17, 15) is 8.78 Å². The number of anilines is 1. The van der Waals surface area contributed by atoms with Gasteiger partial charge in [0.05, 0.1) is 18.5 Å². The largest absolute Gasteiger partial charge is 0.478 e. The second kappa shape index (κ2) is 7.42. The molecule has 21 heavy (non-hydrogen) atoms. The minimum Gasteiger partial charge on any atom is -0.478 e. The zero-order chi connectivity index (χ0) is 15.1. The first kappa shape index (κ1) is 15.0. The van der Waals surface area contributed by atoms with E-state index in [4.69, 9.17) is 4.74 Å². The van der Waals surface area contributed by atoms with Gasteiger partial charge in [-0.05, 0) is 19.1 Å². The summed E-state index contributed by atoms with van der Waals surface area (Å²) in [5.41, 5.74) is 1.41. The third kappa shape index (κ3) is 4.59. The first-order valence-corrected chi connectivity index (χ1v) is 6.54. The van der Waals surface area contributed by atoms with Crippen molar-refractivity contribution in [1.82, 2.24) is 4.98 Å². The van der Waals surface area contributed by atoms with Crippen molar-refractivity contribution in [3.8, 4) is 11.6 Å². The lowest BCUT2D eigenvalue weighted by molar-refractivity contribution is -0.0504. The van der Waals surface area contributed by atoms with Gasteiger partial charge in [-0.3, -0.25) is 0 Å². The number of benzene rings is 1. The van der Waals surface area contributed by atoms with Crippen LogP contribution in [-0.4, -0.2) is 18.2 Å². The minimum absolute atomic E-state index is 0.166. The number of aromatic nitrogens is 1. The Balaban J connectivity index is 1.99. The van der Waals surface area contributed by atoms with Crippen molar-refractivity contribution < 1.29 is 18.3 Å². The van der Waals surface area contributed by atoms with Crippen LogP contribution in [-0.2, 0) is 6.54 Å². The van der Waals surface area contributed by atoms with Gasteiger partial charge in [-0.25, -0.2) is 4.98 Å². The van der Waals surface area contributed by atoms with Crippen LogP contribution in [0, 0.1) is 0 Å². The Hall–Kier alpha value is -2.37. The van der Waals surface area contributed by atoms with Crippen LogP contribution in [0.15, 0.2) is 42.6 Å². The molecule has 1 aromatic carbocycles. The lowest BCUT2D eigenvalue weighted by atomic mass is 10.2. The molecule has 0 unspecified atom stereocenters. The van der Waals surface area contributed by atoms with E-state index in [1.165, 1.54) is 6.07 Å². The van der Waals surface area contributed by atoms with Gasteiger partial charge in [-0.2, -0.15) is 8.78 Å². The molecule has 0 fully saturated rings. The highest BCUT2D eigenvalue weighted by atomic mass is 19.3. The Kier molecular flexibility index (Phi) is 5.31. The summed E-state index contributed by atoms with van der Waals surface area (Å²) in [7, 11) is 0. The second-order valence-electron chi connectivity index (χ2n) is 4.16. The number of nitrogens with zero attached hydrogens (tertiary/aromatic N) is 1. The van der Waals surface area contributed by atoms with E-state index < -0.39 is 6.61 Å². The smallest absolute Gasteiger partial charge is 0.387 e. The van der Waals surface area contributed by atoms with Crippen molar-refractivity contribution in [3.05, 3.63) is 48.2 Å². The van der Waals surface area contributed by atoms with Crippen LogP contribution in [0.4, 0.5) is 14.5 Å². The lowest BCUT2D eigenvalue weighted by Gasteiger charge is -2.12. The SMILES string of the molecule is CCOc1ccc(NCc2ccccc2OC(F)F)cn1. The quantitative estimate of drug-likeness (QED) is 0.845. The number of nitrogens with one attached hydrogen (secondary N) is 1. The van der Waals surface area contributed by atoms with Gasteiger partial charge in [-0.15, -0.1) is 0 Å². The predicted molar refractivity (Wildman–Crippen MR) is 75.8 cm³/mol. The van der Waals surface area contributed by atoms with Crippen molar-refractivity contribution in [1.29, 1.82) is 0 Å². The molecule has 2 aromatic rings. The fourth-order valence-electron chi connectivity index (χ4n) is 1.78. The number of hydrogen-bond acceptors (Lipinski definition) is 4. The summed E-state index contributed by atoms with van der Waals surface area (Å²) in [6.07, 6.45) is 1.63. The van der Waals surface area contributed by atoms with Gasteiger partial charge in [0.2, 0.25) is 5.88 Å². The number of hydrogen-bond donors (Lipinski definition) is 1. The fraction of sp³-hybridized carbons (Fsp3) is 0.267. The molecule has 0 saturated carbocycles. The van der Waals surface area contributed by atoms with Gasteiger partial charge in [0, 0.05) is 18.2 Å². The highest BCUT2D eigenvalue weighted by Gasteiger charge is 2.08. The van der Waals surface area contributed by atoms with Gasteiger partial charge in [-0.1, -0.05) is 18.2 Å². The van der Waals surface area contributed by atoms with Gasteiger partial charge in [0.1, 0.15) is 5.75 Å². The van der Waals surface area contributed by atoms with Crippen LogP contribution >= 0.6 is 0 Å². The van der Waals surface area contributed by atoms with Gasteiger partial charge < -0.3 is 14.8 Å². The maximum atomic E-state index is 12.3. The molecular weight excluding hydrogens is 278 g/mol. The number of halogens is 2. The maximum Gasteiger partial charge on any atom is 0.387 e. The molecule has 1 heterocycles. The maximum absolute atomic E-state index is 12.3. The molecule has 0 amide bonds. The average Bonchev–Trinajstić information content (AvgIpc) is 2.48. The second-order valence-corrected chi connectivity index (χ2v) is 4.16. The molecule has 1 aromatic heterocycles. The van der Waals surface area contributed by atoms with E-state index in [1.807, 2.05) is 13.0 Å². The number of ether oxygens (including phenoxy) is 2. The molecule has 0 aliphatic heterocycles. The molecule has 112 valence electrons. The van der Waals surface area contributed by atoms with Crippen LogP contribution in [0.2, 0.25) is 0 Å². The summed E-state index contributed by atoms with van der Waals surface area (Å²) in [6.45, 7) is -0.0388. The molecule has 1 N–H and O–H groups in total. The van der Waals surface area contributed by atoms with Crippen LogP contribution in [0.1, 0.15) is 12.5 Å². The highest BCUT2D eigenvalue weighted by Crippen LogP contribution is 2.21. The number of pyridine rings is 1. The van der Waals surface area contributed by atoms with Crippen molar-refractivity contribution in [2.24, 2.45) is 0 Å². The number of para-hydroxylation sites is 1. The summed E-state index contributed by atoms with van der Waals surface area (Å²) in [5.74, 6) is 0.711. The first-order chi connectivity index (χ1) is 10.2. The Bertz CT molecular complexity index is 562. The first-order valence-electron chi connectivity index (χ1n) is 6.54. The lowest BCUT2D eigenvalue weighted by Crippen LogP contribution is -2.07. The van der Waals surface area contributed by atoms with E-state index >= 15 is 0 Å². The zero-order valence-electron chi connectivity index (χ0n) is 11.6. The van der Waals surface area contributed by atoms with Crippen LogP contribution in [0.3, 0.4) is 0 Å². The zero-order valence-corrected chi connectivity index (χ0v) is 11.6. The van der Waals surface area contributed by atoms with Crippen molar-refractivity contribution in [2.45, 2.75) is 20.1 Å². The normalized spacial score (nSPS) is 10.5. The molecule has 4 nitrogen and oxygen atoms in total. The molecule has 0 aliphatic carbocycles. The standard InChI is InChI=1S/C15H16F2N2O2/c1-2-20-14-8-7-12(10-19-14)18-9-11-5-3-4-6-13(11)21-15(16)17/h3-8,10,15,18H,2,9H2,1H3. The Morgan fingerprint density at radius 2 is 2.00 bits per heavy atom. The number of rotatable bonds is 7. The summed E-state index contributed by atoms with van der Waals surface area (Å²) < 4.78 is 34.3. The Morgan fingerprint density at radius 1 is 1.19 bits per heavy atom. The molecule has 0 saturated heterocycles. The third-order valence-corrected chi connectivity index (χ3v) is 2.70. The van der Waals surface area contributed by atoms with E-state index in [-0.39, 0.29) is 5.75 Å². The van der Waals surface area contributed by atoms with Crippen LogP contribution < -0.4 is 14.8 Å². The summed E-state index contributed by atoms with van der Waals surface area (Å²) in [5, 5.41) is 3.10. The fourth-order valence-corrected chi connectivity index (χ4v) is 1.78. The summed E-state index contributed by atoms with van der Waals surface area (Å²) in [4.78, 5) is 4.12. The Morgan fingerprint density at radius 3 is 2.67 bits per heavy atom. The minimum atomic E-state index is -2.83. The Labute approximate surface area is 121 Å². The molecule has 0 aliphatic rings. The molecule has 0 radical (unpaired) electrons. The van der Waals surface area contributed by atoms with Crippen LogP contribution in [0.25, 0.3) is 0 Å². The molecule has 0 atom stereocenters. The summed E-state index contributed by atoms with van der Waals surface area (Å²) in [6, 6.07) is 10.2. The number of alkyl halides is 2. The van der Waals surface area contributed by atoms with E-state index in [0.29, 0.717) is 24.6 Å². The van der Waals surface area contributed by atoms with Gasteiger partial charge in [0.25, 0.3) is 0 Å². The third-order valence-electron chi connectivity index (χ3n) is 2.70. The molecule has 6 heteroatoms. The van der Waals surface area contributed by atoms with E-state index in [0.717, 1.165) is 5.69 Å². The van der Waals surface area contributed by atoms with Crippen LogP contribution in [0.5, 0.6) is 11.6 Å². The monoisotopic (exact) mass is 294 g/mol. The van der Waals surface area contributed by atoms with Gasteiger partial charge in [0.15, 0.2) is 0 Å². The molecule has 0 spiro atoms.